The summed E-state index contributed by atoms with van der Waals surface area (Å²) in [6.07, 6.45) is 5.70. The van der Waals surface area contributed by atoms with Gasteiger partial charge in [0.2, 0.25) is 5.91 Å². The molecule has 1 unspecified atom stereocenters. The maximum Gasteiger partial charge on any atom is 0.247 e. The number of aryl methyl sites for hydroxylation is 1. The predicted molar refractivity (Wildman–Crippen MR) is 108 cm³/mol. The van der Waals surface area contributed by atoms with Crippen molar-refractivity contribution in [2.75, 3.05) is 11.6 Å². The molecule has 2 rings (SSSR count). The molecule has 6 heteroatoms. The average molecular weight is 430 g/mol. The normalized spacial score (nSPS) is 15.1. The molecule has 0 heterocycles. The summed E-state index contributed by atoms with van der Waals surface area (Å²) in [4.78, 5) is 20.0. The van der Waals surface area contributed by atoms with E-state index in [1.165, 1.54) is 0 Å². The number of amides is 1. The van der Waals surface area contributed by atoms with Crippen LogP contribution in [0.2, 0.25) is 0 Å². The molecule has 1 fully saturated rings. The van der Waals surface area contributed by atoms with Gasteiger partial charge in [0.25, 0.3) is 0 Å². The quantitative estimate of drug-likeness (QED) is 0.315. The van der Waals surface area contributed by atoms with Crippen LogP contribution in [0.15, 0.2) is 23.4 Å². The summed E-state index contributed by atoms with van der Waals surface area (Å²) in [5.74, 6) is -0.141. The number of nitrogens with zero attached hydrogens (tertiary/aromatic N) is 2. The Morgan fingerprint density at radius 2 is 2.08 bits per heavy atom. The fourth-order valence-corrected chi connectivity index (χ4v) is 3.36. The molecule has 1 aliphatic carbocycles. The number of benzene rings is 1. The van der Waals surface area contributed by atoms with Gasteiger partial charge in [0.05, 0.1) is 11.4 Å². The van der Waals surface area contributed by atoms with Gasteiger partial charge in [-0.1, -0.05) is 47.1 Å². The molecule has 0 aliphatic heterocycles. The molecule has 1 aliphatic rings. The standard InChI is InChI=1S/C19H26BrClN2O2/c1-3-15-10-9-14(12-20)11-18(15)23(19(24)17(21)4-2)13-25-22-16-7-5-6-8-16/h9-11,17H,3-8,12-13H2,1-2H3. The maximum absolute atomic E-state index is 12.8. The van der Waals surface area contributed by atoms with Crippen molar-refractivity contribution >= 4 is 44.8 Å². The van der Waals surface area contributed by atoms with E-state index in [4.69, 9.17) is 16.4 Å². The topological polar surface area (TPSA) is 41.9 Å². The van der Waals surface area contributed by atoms with E-state index in [2.05, 4.69) is 40.1 Å². The zero-order valence-corrected chi connectivity index (χ0v) is 17.3. The summed E-state index contributed by atoms with van der Waals surface area (Å²) in [7, 11) is 0. The van der Waals surface area contributed by atoms with Gasteiger partial charge < -0.3 is 4.84 Å². The third-order valence-corrected chi connectivity index (χ3v) is 5.57. The predicted octanol–water partition coefficient (Wildman–Crippen LogP) is 5.40. The first-order valence-corrected chi connectivity index (χ1v) is 10.5. The zero-order chi connectivity index (χ0) is 18.2. The number of carbonyl (C=O) groups is 1. The van der Waals surface area contributed by atoms with Crippen LogP contribution in [0.4, 0.5) is 5.69 Å². The minimum Gasteiger partial charge on any atom is -0.373 e. The first-order chi connectivity index (χ1) is 12.1. The van der Waals surface area contributed by atoms with Crippen LogP contribution in [0, 0.1) is 0 Å². The summed E-state index contributed by atoms with van der Waals surface area (Å²) >= 11 is 9.73. The van der Waals surface area contributed by atoms with Gasteiger partial charge in [-0.15, -0.1) is 11.6 Å². The van der Waals surface area contributed by atoms with Crippen molar-refractivity contribution < 1.29 is 9.63 Å². The number of carbonyl (C=O) groups excluding carboxylic acids is 1. The largest absolute Gasteiger partial charge is 0.373 e. The Morgan fingerprint density at radius 1 is 1.36 bits per heavy atom. The van der Waals surface area contributed by atoms with Crippen molar-refractivity contribution in [2.45, 2.75) is 63.1 Å². The highest BCUT2D eigenvalue weighted by Crippen LogP contribution is 2.26. The molecule has 0 bridgehead atoms. The number of rotatable bonds is 8. The molecule has 25 heavy (non-hydrogen) atoms. The highest BCUT2D eigenvalue weighted by Gasteiger charge is 2.25. The van der Waals surface area contributed by atoms with Gasteiger partial charge in [-0.05, 0) is 55.7 Å². The second-order valence-corrected chi connectivity index (χ2v) is 7.30. The number of anilines is 1. The molecule has 138 valence electrons. The molecular weight excluding hydrogens is 404 g/mol. The van der Waals surface area contributed by atoms with Crippen LogP contribution in [-0.2, 0) is 21.4 Å². The Balaban J connectivity index is 2.26. The first kappa shape index (κ1) is 20.2. The van der Waals surface area contributed by atoms with Crippen LogP contribution in [0.3, 0.4) is 0 Å². The van der Waals surface area contributed by atoms with Gasteiger partial charge in [-0.25, -0.2) is 0 Å². The zero-order valence-electron chi connectivity index (χ0n) is 14.9. The lowest BCUT2D eigenvalue weighted by molar-refractivity contribution is -0.119. The number of hydrogen-bond donors (Lipinski definition) is 0. The molecule has 0 saturated heterocycles. The lowest BCUT2D eigenvalue weighted by Gasteiger charge is -2.26. The summed E-state index contributed by atoms with van der Waals surface area (Å²) < 4.78 is 0. The van der Waals surface area contributed by atoms with Gasteiger partial charge in [0, 0.05) is 5.33 Å². The molecule has 1 aromatic carbocycles. The smallest absolute Gasteiger partial charge is 0.247 e. The van der Waals surface area contributed by atoms with E-state index >= 15 is 0 Å². The van der Waals surface area contributed by atoms with Gasteiger partial charge in [0.15, 0.2) is 6.73 Å². The Bertz CT molecular complexity index is 613. The lowest BCUT2D eigenvalue weighted by Crippen LogP contribution is -2.38. The fourth-order valence-electron chi connectivity index (χ4n) is 2.89. The molecule has 0 aromatic heterocycles. The maximum atomic E-state index is 12.8. The van der Waals surface area contributed by atoms with Crippen LogP contribution in [0.1, 0.15) is 57.1 Å². The summed E-state index contributed by atoms with van der Waals surface area (Å²) in [6.45, 7) is 4.07. The van der Waals surface area contributed by atoms with E-state index < -0.39 is 5.38 Å². The van der Waals surface area contributed by atoms with Crippen molar-refractivity contribution in [1.29, 1.82) is 0 Å². The minimum atomic E-state index is -0.569. The van der Waals surface area contributed by atoms with Crippen molar-refractivity contribution in [2.24, 2.45) is 5.16 Å². The van der Waals surface area contributed by atoms with Crippen molar-refractivity contribution in [3.8, 4) is 0 Å². The fraction of sp³-hybridized carbons (Fsp3) is 0.579. The summed E-state index contributed by atoms with van der Waals surface area (Å²) in [5, 5.41) is 4.38. The van der Waals surface area contributed by atoms with Crippen LogP contribution in [0.25, 0.3) is 0 Å². The van der Waals surface area contributed by atoms with E-state index in [9.17, 15) is 4.79 Å². The molecule has 0 radical (unpaired) electrons. The van der Waals surface area contributed by atoms with E-state index in [-0.39, 0.29) is 12.6 Å². The van der Waals surface area contributed by atoms with E-state index in [1.54, 1.807) is 4.90 Å². The molecule has 1 atom stereocenters. The van der Waals surface area contributed by atoms with Gasteiger partial charge in [0.1, 0.15) is 5.38 Å². The highest BCUT2D eigenvalue weighted by molar-refractivity contribution is 9.08. The summed E-state index contributed by atoms with van der Waals surface area (Å²) in [5.41, 5.74) is 4.13. The first-order valence-electron chi connectivity index (χ1n) is 8.91. The number of oxime groups is 1. The Morgan fingerprint density at radius 3 is 2.68 bits per heavy atom. The van der Waals surface area contributed by atoms with E-state index in [0.29, 0.717) is 6.42 Å². The number of alkyl halides is 2. The SMILES string of the molecule is CCc1ccc(CBr)cc1N(CON=C1CCCC1)C(=O)C(Cl)CC. The Kier molecular flexibility index (Phi) is 8.24. The van der Waals surface area contributed by atoms with Gasteiger partial charge >= 0.3 is 0 Å². The lowest BCUT2D eigenvalue weighted by atomic mass is 10.1. The van der Waals surface area contributed by atoms with Crippen LogP contribution in [-0.4, -0.2) is 23.7 Å². The summed E-state index contributed by atoms with van der Waals surface area (Å²) in [6, 6.07) is 6.15. The number of halogens is 2. The van der Waals surface area contributed by atoms with Crippen molar-refractivity contribution in [1.82, 2.24) is 0 Å². The van der Waals surface area contributed by atoms with Gasteiger partial charge in [-0.3, -0.25) is 9.69 Å². The molecule has 1 aromatic rings. The molecule has 0 N–H and O–H groups in total. The third kappa shape index (κ3) is 5.45. The monoisotopic (exact) mass is 428 g/mol. The molecule has 1 saturated carbocycles. The van der Waals surface area contributed by atoms with Crippen LogP contribution < -0.4 is 4.90 Å². The molecule has 0 spiro atoms. The van der Waals surface area contributed by atoms with E-state index in [1.807, 2.05) is 13.0 Å². The second-order valence-electron chi connectivity index (χ2n) is 6.22. The molecular formula is C19H26BrClN2O2. The van der Waals surface area contributed by atoms with Crippen LogP contribution >= 0.6 is 27.5 Å². The third-order valence-electron chi connectivity index (χ3n) is 4.43. The molecule has 1 amide bonds. The Labute approximate surface area is 163 Å². The Hall–Kier alpha value is -1.07. The van der Waals surface area contributed by atoms with Crippen LogP contribution in [0.5, 0.6) is 0 Å². The minimum absolute atomic E-state index is 0.0876. The average Bonchev–Trinajstić information content (AvgIpc) is 3.17. The number of hydrogen-bond acceptors (Lipinski definition) is 3. The second kappa shape index (κ2) is 10.2. The van der Waals surface area contributed by atoms with Crippen molar-refractivity contribution in [3.05, 3.63) is 29.3 Å². The van der Waals surface area contributed by atoms with Crippen molar-refractivity contribution in [3.63, 3.8) is 0 Å². The van der Waals surface area contributed by atoms with E-state index in [0.717, 1.165) is 60.0 Å². The highest BCUT2D eigenvalue weighted by atomic mass is 79.9. The molecule has 4 nitrogen and oxygen atoms in total. The van der Waals surface area contributed by atoms with Gasteiger partial charge in [-0.2, -0.15) is 0 Å².